The van der Waals surface area contributed by atoms with E-state index in [0.717, 1.165) is 18.2 Å². The van der Waals surface area contributed by atoms with Crippen molar-refractivity contribution in [3.63, 3.8) is 0 Å². The van der Waals surface area contributed by atoms with E-state index in [9.17, 15) is 35.4 Å². The summed E-state index contributed by atoms with van der Waals surface area (Å²) in [5.41, 5.74) is -1.18. The second-order valence-electron chi connectivity index (χ2n) is 5.28. The normalized spacial score (nSPS) is 10.6. The number of nitro benzene ring substituents is 2. The molecule has 0 aliphatic heterocycles. The summed E-state index contributed by atoms with van der Waals surface area (Å²) >= 11 is 0. The number of anilines is 1. The van der Waals surface area contributed by atoms with Crippen LogP contribution in [0, 0.1) is 31.6 Å². The summed E-state index contributed by atoms with van der Waals surface area (Å²) in [7, 11) is 1.19. The second kappa shape index (κ2) is 8.28. The van der Waals surface area contributed by atoms with E-state index in [0.29, 0.717) is 0 Å². The van der Waals surface area contributed by atoms with Gasteiger partial charge in [-0.15, -0.1) is 0 Å². The van der Waals surface area contributed by atoms with Crippen molar-refractivity contribution in [3.8, 4) is 17.6 Å². The van der Waals surface area contributed by atoms with E-state index in [4.69, 9.17) is 4.74 Å². The molecule has 0 aliphatic rings. The number of hydrogen-bond acceptors (Lipinski definition) is 8. The number of phenolic OH excluding ortho intramolecular Hbond substituents is 1. The van der Waals surface area contributed by atoms with Crippen molar-refractivity contribution in [2.45, 2.75) is 0 Å². The molecule has 0 unspecified atom stereocenters. The van der Waals surface area contributed by atoms with Gasteiger partial charge in [0.1, 0.15) is 11.6 Å². The summed E-state index contributed by atoms with van der Waals surface area (Å²) in [5.74, 6) is -1.78. The third-order valence-electron chi connectivity index (χ3n) is 3.48. The van der Waals surface area contributed by atoms with Crippen LogP contribution in [0.2, 0.25) is 0 Å². The van der Waals surface area contributed by atoms with Gasteiger partial charge in [0.2, 0.25) is 5.75 Å². The first kappa shape index (κ1) is 19.9. The van der Waals surface area contributed by atoms with Crippen molar-refractivity contribution in [2.75, 3.05) is 12.4 Å². The van der Waals surface area contributed by atoms with Crippen molar-refractivity contribution in [3.05, 3.63) is 67.8 Å². The van der Waals surface area contributed by atoms with Crippen molar-refractivity contribution in [2.24, 2.45) is 0 Å². The number of amides is 1. The lowest BCUT2D eigenvalue weighted by molar-refractivity contribution is -0.386. The minimum Gasteiger partial charge on any atom is -0.500 e. The number of aromatic hydroxyl groups is 1. The number of nitriles is 1. The first-order chi connectivity index (χ1) is 13.3. The number of nitro groups is 2. The monoisotopic (exact) mass is 384 g/mol. The topological polar surface area (TPSA) is 169 Å². The summed E-state index contributed by atoms with van der Waals surface area (Å²) in [6.07, 6.45) is 1.06. The summed E-state index contributed by atoms with van der Waals surface area (Å²) in [5, 5.41) is 43.2. The molecule has 2 rings (SSSR count). The zero-order valence-corrected chi connectivity index (χ0v) is 14.3. The number of methoxy groups -OCH3 is 1. The van der Waals surface area contributed by atoms with Gasteiger partial charge in [0.15, 0.2) is 5.75 Å². The molecule has 0 heterocycles. The van der Waals surface area contributed by atoms with Gasteiger partial charge in [-0.25, -0.2) is 0 Å². The summed E-state index contributed by atoms with van der Waals surface area (Å²) in [4.78, 5) is 32.6. The van der Waals surface area contributed by atoms with Gasteiger partial charge >= 0.3 is 5.69 Å². The molecule has 0 radical (unpaired) electrons. The van der Waals surface area contributed by atoms with Crippen LogP contribution in [-0.4, -0.2) is 28.0 Å². The Morgan fingerprint density at radius 3 is 2.54 bits per heavy atom. The van der Waals surface area contributed by atoms with Crippen LogP contribution in [0.3, 0.4) is 0 Å². The lowest BCUT2D eigenvalue weighted by Gasteiger charge is -2.07. The number of benzene rings is 2. The quantitative estimate of drug-likeness (QED) is 0.331. The molecule has 0 aliphatic carbocycles. The number of nitrogens with one attached hydrogen (secondary N) is 1. The SMILES string of the molecule is COc1cc(/C=C(\C#N)C(=O)Nc2cccc([N+](=O)[O-])c2)cc([N+](=O)[O-])c1O. The highest BCUT2D eigenvalue weighted by molar-refractivity contribution is 6.09. The molecular formula is C17H12N4O7. The number of hydrogen-bond donors (Lipinski definition) is 2. The predicted molar refractivity (Wildman–Crippen MR) is 96.6 cm³/mol. The van der Waals surface area contributed by atoms with Crippen LogP contribution in [0.15, 0.2) is 42.0 Å². The molecule has 11 heteroatoms. The Bertz CT molecular complexity index is 1040. The highest BCUT2D eigenvalue weighted by atomic mass is 16.6. The molecule has 0 bridgehead atoms. The van der Waals surface area contributed by atoms with Gasteiger partial charge in [-0.3, -0.25) is 25.0 Å². The first-order valence-electron chi connectivity index (χ1n) is 7.49. The lowest BCUT2D eigenvalue weighted by Crippen LogP contribution is -2.13. The van der Waals surface area contributed by atoms with Crippen molar-refractivity contribution >= 4 is 29.0 Å². The lowest BCUT2D eigenvalue weighted by atomic mass is 10.1. The van der Waals surface area contributed by atoms with Gasteiger partial charge in [-0.1, -0.05) is 6.07 Å². The summed E-state index contributed by atoms with van der Waals surface area (Å²) in [6, 6.07) is 8.93. The minimum absolute atomic E-state index is 0.0621. The molecule has 2 aromatic carbocycles. The van der Waals surface area contributed by atoms with E-state index in [-0.39, 0.29) is 22.7 Å². The maximum absolute atomic E-state index is 12.3. The minimum atomic E-state index is -0.877. The third-order valence-corrected chi connectivity index (χ3v) is 3.48. The number of nitrogens with zero attached hydrogens (tertiary/aromatic N) is 3. The van der Waals surface area contributed by atoms with Gasteiger partial charge in [-0.05, 0) is 23.8 Å². The number of non-ortho nitro benzene ring substituents is 1. The van der Waals surface area contributed by atoms with E-state index in [2.05, 4.69) is 5.32 Å². The fourth-order valence-corrected chi connectivity index (χ4v) is 2.20. The van der Waals surface area contributed by atoms with Crippen LogP contribution in [0.4, 0.5) is 17.1 Å². The van der Waals surface area contributed by atoms with Crippen LogP contribution >= 0.6 is 0 Å². The number of ether oxygens (including phenoxy) is 1. The van der Waals surface area contributed by atoms with Crippen LogP contribution < -0.4 is 10.1 Å². The average molecular weight is 384 g/mol. The zero-order chi connectivity index (χ0) is 20.8. The summed E-state index contributed by atoms with van der Waals surface area (Å²) in [6.45, 7) is 0. The number of phenols is 1. The molecule has 1 amide bonds. The van der Waals surface area contributed by atoms with Crippen molar-refractivity contribution < 1.29 is 24.5 Å². The van der Waals surface area contributed by atoms with Gasteiger partial charge in [0.05, 0.1) is 17.0 Å². The van der Waals surface area contributed by atoms with Gasteiger partial charge < -0.3 is 15.2 Å². The molecule has 28 heavy (non-hydrogen) atoms. The molecule has 2 N–H and O–H groups in total. The largest absolute Gasteiger partial charge is 0.500 e. The Labute approximate surface area is 157 Å². The average Bonchev–Trinajstić information content (AvgIpc) is 2.66. The molecule has 11 nitrogen and oxygen atoms in total. The summed E-state index contributed by atoms with van der Waals surface area (Å²) < 4.78 is 4.85. The van der Waals surface area contributed by atoms with Gasteiger partial charge in [0, 0.05) is 23.9 Å². The van der Waals surface area contributed by atoms with E-state index < -0.39 is 32.8 Å². The van der Waals surface area contributed by atoms with E-state index >= 15 is 0 Å². The Kier molecular flexibility index (Phi) is 5.87. The number of carbonyl (C=O) groups is 1. The molecule has 0 fully saturated rings. The fourth-order valence-electron chi connectivity index (χ4n) is 2.20. The molecule has 0 spiro atoms. The maximum atomic E-state index is 12.3. The standard InChI is InChI=1S/C17H12N4O7/c1-28-15-7-10(6-14(16(15)22)21(26)27)5-11(9-18)17(23)19-12-3-2-4-13(8-12)20(24)25/h2-8,22H,1H3,(H,19,23)/b11-5+. The van der Waals surface area contributed by atoms with Crippen LogP contribution in [0.25, 0.3) is 6.08 Å². The first-order valence-corrected chi connectivity index (χ1v) is 7.49. The van der Waals surface area contributed by atoms with E-state index in [1.165, 1.54) is 31.4 Å². The predicted octanol–water partition coefficient (Wildman–Crippen LogP) is 2.76. The molecule has 0 saturated carbocycles. The maximum Gasteiger partial charge on any atom is 0.315 e. The third kappa shape index (κ3) is 4.38. The zero-order valence-electron chi connectivity index (χ0n) is 14.3. The Hall–Kier alpha value is -4.46. The van der Waals surface area contributed by atoms with Crippen LogP contribution in [0.5, 0.6) is 11.5 Å². The van der Waals surface area contributed by atoms with Gasteiger partial charge in [0.25, 0.3) is 11.6 Å². The molecule has 142 valence electrons. The smallest absolute Gasteiger partial charge is 0.315 e. The molecular weight excluding hydrogens is 372 g/mol. The van der Waals surface area contributed by atoms with Crippen LogP contribution in [0.1, 0.15) is 5.56 Å². The highest BCUT2D eigenvalue weighted by Crippen LogP contribution is 2.37. The van der Waals surface area contributed by atoms with Gasteiger partial charge in [-0.2, -0.15) is 5.26 Å². The molecule has 0 atom stereocenters. The second-order valence-corrected chi connectivity index (χ2v) is 5.28. The molecule has 0 saturated heterocycles. The van der Waals surface area contributed by atoms with E-state index in [1.807, 2.05) is 0 Å². The van der Waals surface area contributed by atoms with Crippen molar-refractivity contribution in [1.29, 1.82) is 5.26 Å². The Morgan fingerprint density at radius 1 is 1.25 bits per heavy atom. The van der Waals surface area contributed by atoms with Crippen molar-refractivity contribution in [1.82, 2.24) is 0 Å². The fraction of sp³-hybridized carbons (Fsp3) is 0.0588. The Balaban J connectivity index is 2.38. The van der Waals surface area contributed by atoms with Crippen LogP contribution in [-0.2, 0) is 4.79 Å². The highest BCUT2D eigenvalue weighted by Gasteiger charge is 2.20. The number of rotatable bonds is 6. The molecule has 0 aromatic heterocycles. The Morgan fingerprint density at radius 2 is 1.96 bits per heavy atom. The number of carbonyl (C=O) groups excluding carboxylic acids is 1. The van der Waals surface area contributed by atoms with E-state index in [1.54, 1.807) is 6.07 Å². The molecule has 2 aromatic rings.